The maximum atomic E-state index is 10.4. The predicted molar refractivity (Wildman–Crippen MR) is 57.6 cm³/mol. The minimum Gasteiger partial charge on any atom is -0.385 e. The third-order valence-electron chi connectivity index (χ3n) is 3.74. The molecular formula is C13H16O2. The van der Waals surface area contributed by atoms with Crippen LogP contribution in [-0.2, 0) is 10.3 Å². The zero-order chi connectivity index (χ0) is 10.5. The summed E-state index contributed by atoms with van der Waals surface area (Å²) < 4.78 is 5.22. The van der Waals surface area contributed by atoms with E-state index in [2.05, 4.69) is 19.1 Å². The van der Waals surface area contributed by atoms with E-state index >= 15 is 0 Å². The standard InChI is InChI=1S/C13H16O2/c1-10-2-4-11(5-3-10)13(14)6-12(7-13)8-15-9-12/h2-5,14H,6-9H2,1H3. The zero-order valence-electron chi connectivity index (χ0n) is 8.99. The third kappa shape index (κ3) is 1.32. The maximum Gasteiger partial charge on any atom is 0.0910 e. The van der Waals surface area contributed by atoms with Crippen molar-refractivity contribution in [2.45, 2.75) is 25.4 Å². The summed E-state index contributed by atoms with van der Waals surface area (Å²) >= 11 is 0. The molecule has 1 spiro atoms. The van der Waals surface area contributed by atoms with E-state index in [4.69, 9.17) is 4.74 Å². The smallest absolute Gasteiger partial charge is 0.0910 e. The minimum atomic E-state index is -0.586. The molecule has 1 saturated carbocycles. The van der Waals surface area contributed by atoms with Gasteiger partial charge in [-0.3, -0.25) is 0 Å². The highest BCUT2D eigenvalue weighted by Crippen LogP contribution is 2.57. The summed E-state index contributed by atoms with van der Waals surface area (Å²) in [6.07, 6.45) is 1.73. The van der Waals surface area contributed by atoms with Gasteiger partial charge >= 0.3 is 0 Å². The number of hydrogen-bond donors (Lipinski definition) is 1. The van der Waals surface area contributed by atoms with Crippen molar-refractivity contribution < 1.29 is 9.84 Å². The van der Waals surface area contributed by atoms with Gasteiger partial charge in [0.1, 0.15) is 0 Å². The van der Waals surface area contributed by atoms with Crippen molar-refractivity contribution in [2.24, 2.45) is 5.41 Å². The fourth-order valence-electron chi connectivity index (χ4n) is 2.85. The molecule has 1 aromatic rings. The summed E-state index contributed by atoms with van der Waals surface area (Å²) in [5.41, 5.74) is 2.02. The first kappa shape index (κ1) is 9.37. The second-order valence-electron chi connectivity index (χ2n) is 5.24. The molecule has 2 aliphatic rings. The molecule has 80 valence electrons. The molecule has 0 bridgehead atoms. The molecule has 1 aliphatic heterocycles. The van der Waals surface area contributed by atoms with Crippen LogP contribution in [0.3, 0.4) is 0 Å². The van der Waals surface area contributed by atoms with Crippen molar-refractivity contribution in [2.75, 3.05) is 13.2 Å². The van der Waals surface area contributed by atoms with Crippen molar-refractivity contribution in [1.82, 2.24) is 0 Å². The molecule has 1 saturated heterocycles. The van der Waals surface area contributed by atoms with Gasteiger partial charge in [-0.25, -0.2) is 0 Å². The molecule has 1 heterocycles. The van der Waals surface area contributed by atoms with Crippen LogP contribution < -0.4 is 0 Å². The van der Waals surface area contributed by atoms with Crippen LogP contribution in [0.15, 0.2) is 24.3 Å². The lowest BCUT2D eigenvalue weighted by Crippen LogP contribution is -2.59. The lowest BCUT2D eigenvalue weighted by atomic mass is 9.56. The van der Waals surface area contributed by atoms with E-state index in [1.807, 2.05) is 12.1 Å². The largest absolute Gasteiger partial charge is 0.385 e. The van der Waals surface area contributed by atoms with Crippen molar-refractivity contribution in [1.29, 1.82) is 0 Å². The molecule has 2 fully saturated rings. The molecule has 0 unspecified atom stereocenters. The highest BCUT2D eigenvalue weighted by Gasteiger charge is 2.58. The average Bonchev–Trinajstić information content (AvgIpc) is 2.11. The van der Waals surface area contributed by atoms with E-state index in [9.17, 15) is 5.11 Å². The maximum absolute atomic E-state index is 10.4. The molecule has 1 N–H and O–H groups in total. The van der Waals surface area contributed by atoms with Gasteiger partial charge in [-0.1, -0.05) is 29.8 Å². The topological polar surface area (TPSA) is 29.5 Å². The van der Waals surface area contributed by atoms with E-state index in [1.54, 1.807) is 0 Å². The molecule has 15 heavy (non-hydrogen) atoms. The molecule has 0 radical (unpaired) electrons. The predicted octanol–water partition coefficient (Wildman–Crippen LogP) is 1.99. The Morgan fingerprint density at radius 1 is 1.13 bits per heavy atom. The van der Waals surface area contributed by atoms with Crippen molar-refractivity contribution in [3.63, 3.8) is 0 Å². The first-order chi connectivity index (χ1) is 7.12. The molecular weight excluding hydrogens is 188 g/mol. The van der Waals surface area contributed by atoms with Crippen LogP contribution >= 0.6 is 0 Å². The van der Waals surface area contributed by atoms with Crippen LogP contribution in [0.5, 0.6) is 0 Å². The van der Waals surface area contributed by atoms with Crippen LogP contribution in [-0.4, -0.2) is 18.3 Å². The van der Waals surface area contributed by atoms with Crippen molar-refractivity contribution >= 4 is 0 Å². The quantitative estimate of drug-likeness (QED) is 0.758. The number of rotatable bonds is 1. The third-order valence-corrected chi connectivity index (χ3v) is 3.74. The van der Waals surface area contributed by atoms with E-state index in [0.29, 0.717) is 5.41 Å². The Bertz CT molecular complexity index is 368. The van der Waals surface area contributed by atoms with Gasteiger partial charge < -0.3 is 9.84 Å². The molecule has 0 atom stereocenters. The minimum absolute atomic E-state index is 0.305. The highest BCUT2D eigenvalue weighted by atomic mass is 16.5. The van der Waals surface area contributed by atoms with Crippen LogP contribution in [0.25, 0.3) is 0 Å². The van der Waals surface area contributed by atoms with E-state index in [-0.39, 0.29) is 0 Å². The van der Waals surface area contributed by atoms with Crippen LogP contribution in [0.4, 0.5) is 0 Å². The normalized spacial score (nSPS) is 25.7. The van der Waals surface area contributed by atoms with Gasteiger partial charge in [0.15, 0.2) is 0 Å². The lowest BCUT2D eigenvalue weighted by Gasteiger charge is -2.58. The summed E-state index contributed by atoms with van der Waals surface area (Å²) in [6.45, 7) is 3.73. The van der Waals surface area contributed by atoms with E-state index in [0.717, 1.165) is 31.6 Å². The second kappa shape index (κ2) is 2.83. The van der Waals surface area contributed by atoms with Gasteiger partial charge in [0.2, 0.25) is 0 Å². The van der Waals surface area contributed by atoms with Gasteiger partial charge in [-0.2, -0.15) is 0 Å². The van der Waals surface area contributed by atoms with E-state index < -0.39 is 5.60 Å². The first-order valence-corrected chi connectivity index (χ1v) is 5.49. The number of hydrogen-bond acceptors (Lipinski definition) is 2. The molecule has 2 nitrogen and oxygen atoms in total. The molecule has 3 rings (SSSR count). The SMILES string of the molecule is Cc1ccc(C2(O)CC3(COC3)C2)cc1. The van der Waals surface area contributed by atoms with Crippen LogP contribution in [0, 0.1) is 12.3 Å². The molecule has 1 aliphatic carbocycles. The molecule has 0 aromatic heterocycles. The number of ether oxygens (including phenoxy) is 1. The number of aryl methyl sites for hydroxylation is 1. The van der Waals surface area contributed by atoms with Crippen molar-refractivity contribution in [3.05, 3.63) is 35.4 Å². The van der Waals surface area contributed by atoms with Gasteiger partial charge in [0.05, 0.1) is 18.8 Å². The Morgan fingerprint density at radius 3 is 2.20 bits per heavy atom. The Balaban J connectivity index is 1.80. The summed E-state index contributed by atoms with van der Waals surface area (Å²) in [5, 5.41) is 10.4. The molecule has 0 amide bonds. The Morgan fingerprint density at radius 2 is 1.73 bits per heavy atom. The highest BCUT2D eigenvalue weighted by molar-refractivity contribution is 5.30. The lowest BCUT2D eigenvalue weighted by molar-refractivity contribution is -0.244. The first-order valence-electron chi connectivity index (χ1n) is 5.49. The summed E-state index contributed by atoms with van der Waals surface area (Å²) in [5.74, 6) is 0. The van der Waals surface area contributed by atoms with Gasteiger partial charge in [-0.05, 0) is 25.3 Å². The van der Waals surface area contributed by atoms with Crippen LogP contribution in [0.2, 0.25) is 0 Å². The van der Waals surface area contributed by atoms with Gasteiger partial charge in [-0.15, -0.1) is 0 Å². The number of benzene rings is 1. The molecule has 2 heteroatoms. The second-order valence-corrected chi connectivity index (χ2v) is 5.24. The fraction of sp³-hybridized carbons (Fsp3) is 0.538. The Labute approximate surface area is 89.9 Å². The van der Waals surface area contributed by atoms with Crippen molar-refractivity contribution in [3.8, 4) is 0 Å². The Kier molecular flexibility index (Phi) is 1.77. The Hall–Kier alpha value is -0.860. The monoisotopic (exact) mass is 204 g/mol. The van der Waals surface area contributed by atoms with E-state index in [1.165, 1.54) is 5.56 Å². The summed E-state index contributed by atoms with van der Waals surface area (Å²) in [6, 6.07) is 8.22. The number of aliphatic hydroxyl groups is 1. The molecule has 1 aromatic carbocycles. The average molecular weight is 204 g/mol. The van der Waals surface area contributed by atoms with Crippen LogP contribution in [0.1, 0.15) is 24.0 Å². The van der Waals surface area contributed by atoms with Gasteiger partial charge in [0, 0.05) is 5.41 Å². The summed E-state index contributed by atoms with van der Waals surface area (Å²) in [7, 11) is 0. The van der Waals surface area contributed by atoms with Gasteiger partial charge in [0.25, 0.3) is 0 Å². The zero-order valence-corrected chi connectivity index (χ0v) is 8.99. The fourth-order valence-corrected chi connectivity index (χ4v) is 2.85. The summed E-state index contributed by atoms with van der Waals surface area (Å²) in [4.78, 5) is 0.